The topological polar surface area (TPSA) is 119 Å². The fourth-order valence-electron chi connectivity index (χ4n) is 2.46. The Morgan fingerprint density at radius 1 is 1.31 bits per heavy atom. The van der Waals surface area contributed by atoms with Gasteiger partial charge in [0.2, 0.25) is 5.91 Å². The van der Waals surface area contributed by atoms with Crippen LogP contribution in [-0.2, 0) is 19.1 Å². The molecule has 1 aliphatic heterocycles. The van der Waals surface area contributed by atoms with Gasteiger partial charge in [-0.2, -0.15) is 0 Å². The molecule has 26 heavy (non-hydrogen) atoms. The van der Waals surface area contributed by atoms with Crippen molar-refractivity contribution >= 4 is 40.8 Å². The first-order chi connectivity index (χ1) is 12.4. The van der Waals surface area contributed by atoms with Crippen molar-refractivity contribution in [2.75, 3.05) is 25.0 Å². The second-order valence-corrected chi connectivity index (χ2v) is 6.16. The zero-order chi connectivity index (χ0) is 19.1. The average Bonchev–Trinajstić information content (AvgIpc) is 2.79. The predicted octanol–water partition coefficient (Wildman–Crippen LogP) is 2.13. The van der Waals surface area contributed by atoms with Crippen molar-refractivity contribution in [1.29, 1.82) is 0 Å². The highest BCUT2D eigenvalue weighted by atomic mass is 35.5. The monoisotopic (exact) mass is 383 g/mol. The molecule has 0 atom stereocenters. The molecule has 0 unspecified atom stereocenters. The molecular formula is C16H18ClN3O6. The van der Waals surface area contributed by atoms with E-state index in [1.807, 2.05) is 0 Å². The number of nitro groups is 1. The van der Waals surface area contributed by atoms with E-state index in [9.17, 15) is 24.5 Å². The van der Waals surface area contributed by atoms with Crippen molar-refractivity contribution in [3.8, 4) is 0 Å². The van der Waals surface area contributed by atoms with E-state index in [2.05, 4.69) is 5.32 Å². The number of likely N-dealkylation sites (tertiary alicyclic amines) is 1. The Bertz CT molecular complexity index is 724. The number of nitrogens with zero attached hydrogens (tertiary/aromatic N) is 2. The molecule has 1 N–H and O–H groups in total. The summed E-state index contributed by atoms with van der Waals surface area (Å²) in [5.41, 5.74) is -0.0393. The molecule has 10 heteroatoms. The van der Waals surface area contributed by atoms with E-state index in [1.165, 1.54) is 17.0 Å². The minimum Gasteiger partial charge on any atom is -0.454 e. The lowest BCUT2D eigenvalue weighted by atomic mass is 10.2. The fraction of sp³-hybridized carbons (Fsp3) is 0.438. The van der Waals surface area contributed by atoms with Gasteiger partial charge in [-0.3, -0.25) is 24.5 Å². The van der Waals surface area contributed by atoms with Gasteiger partial charge in [-0.05, 0) is 18.9 Å². The molecule has 1 fully saturated rings. The number of ether oxygens (including phenoxy) is 1. The van der Waals surface area contributed by atoms with E-state index in [4.69, 9.17) is 16.3 Å². The summed E-state index contributed by atoms with van der Waals surface area (Å²) in [4.78, 5) is 46.9. The zero-order valence-electron chi connectivity index (χ0n) is 13.9. The Morgan fingerprint density at radius 3 is 2.77 bits per heavy atom. The minimum absolute atomic E-state index is 0.00552. The summed E-state index contributed by atoms with van der Waals surface area (Å²) in [6.45, 7) is -0.239. The van der Waals surface area contributed by atoms with Gasteiger partial charge in [-0.15, -0.1) is 0 Å². The zero-order valence-corrected chi connectivity index (χ0v) is 14.7. The highest BCUT2D eigenvalue weighted by molar-refractivity contribution is 6.34. The molecule has 9 nitrogen and oxygen atoms in total. The number of non-ortho nitro benzene ring substituents is 1. The first-order valence-electron chi connectivity index (χ1n) is 8.04. The van der Waals surface area contributed by atoms with Crippen molar-refractivity contribution in [3.05, 3.63) is 33.3 Å². The Balaban J connectivity index is 1.81. The number of esters is 1. The molecule has 0 aromatic heterocycles. The summed E-state index contributed by atoms with van der Waals surface area (Å²) in [5.74, 6) is -1.41. The Hall–Kier alpha value is -2.68. The van der Waals surface area contributed by atoms with Crippen LogP contribution >= 0.6 is 11.6 Å². The molecule has 140 valence electrons. The molecule has 0 saturated carbocycles. The summed E-state index contributed by atoms with van der Waals surface area (Å²) in [6, 6.07) is 3.59. The lowest BCUT2D eigenvalue weighted by Gasteiger charge is -2.19. The second-order valence-electron chi connectivity index (χ2n) is 5.76. The number of nitro benzene ring substituents is 1. The molecule has 0 radical (unpaired) electrons. The maximum Gasteiger partial charge on any atom is 0.326 e. The Kier molecular flexibility index (Phi) is 6.90. The first kappa shape index (κ1) is 19.6. The number of amides is 2. The molecule has 0 spiro atoms. The van der Waals surface area contributed by atoms with Gasteiger partial charge in [0.15, 0.2) is 6.61 Å². The number of carbonyl (C=O) groups excluding carboxylic acids is 3. The number of anilines is 1. The fourth-order valence-corrected chi connectivity index (χ4v) is 2.68. The molecule has 1 aliphatic rings. The van der Waals surface area contributed by atoms with Crippen molar-refractivity contribution in [2.24, 2.45) is 0 Å². The molecule has 1 heterocycles. The number of carbonyl (C=O) groups is 3. The van der Waals surface area contributed by atoms with Crippen molar-refractivity contribution in [2.45, 2.75) is 25.7 Å². The van der Waals surface area contributed by atoms with Crippen molar-refractivity contribution in [1.82, 2.24) is 4.90 Å². The summed E-state index contributed by atoms with van der Waals surface area (Å²) in [5, 5.41) is 13.0. The number of rotatable bonds is 6. The lowest BCUT2D eigenvalue weighted by Crippen LogP contribution is -2.36. The highest BCUT2D eigenvalue weighted by Crippen LogP contribution is 2.26. The third-order valence-electron chi connectivity index (χ3n) is 3.79. The smallest absolute Gasteiger partial charge is 0.326 e. The van der Waals surface area contributed by atoms with Crippen LogP contribution in [0.2, 0.25) is 5.02 Å². The predicted molar refractivity (Wildman–Crippen MR) is 92.7 cm³/mol. The van der Waals surface area contributed by atoms with Crippen LogP contribution in [0.15, 0.2) is 18.2 Å². The molecule has 1 aromatic carbocycles. The normalized spacial score (nSPS) is 14.5. The Labute approximate surface area is 154 Å². The van der Waals surface area contributed by atoms with Crippen molar-refractivity contribution in [3.63, 3.8) is 0 Å². The SMILES string of the molecule is O=C(COC(=O)CN1CCCCCC1=O)Nc1ccc([N+](=O)[O-])cc1Cl. The van der Waals surface area contributed by atoms with Crippen LogP contribution < -0.4 is 5.32 Å². The minimum atomic E-state index is -0.676. The van der Waals surface area contributed by atoms with Gasteiger partial charge in [0, 0.05) is 25.1 Å². The number of hydrogen-bond acceptors (Lipinski definition) is 6. The maximum absolute atomic E-state index is 11.8. The molecule has 0 aliphatic carbocycles. The molecule has 1 saturated heterocycles. The molecule has 2 rings (SSSR count). The largest absolute Gasteiger partial charge is 0.454 e. The number of hydrogen-bond donors (Lipinski definition) is 1. The third-order valence-corrected chi connectivity index (χ3v) is 4.11. The van der Waals surface area contributed by atoms with Crippen LogP contribution in [0.25, 0.3) is 0 Å². The molecular weight excluding hydrogens is 366 g/mol. The first-order valence-corrected chi connectivity index (χ1v) is 8.42. The average molecular weight is 384 g/mol. The van der Waals surface area contributed by atoms with E-state index in [0.717, 1.165) is 25.3 Å². The number of benzene rings is 1. The van der Waals surface area contributed by atoms with Gasteiger partial charge in [0.25, 0.3) is 11.6 Å². The molecule has 1 aromatic rings. The summed E-state index contributed by atoms with van der Waals surface area (Å²) in [7, 11) is 0. The lowest BCUT2D eigenvalue weighted by molar-refractivity contribution is -0.384. The van der Waals surface area contributed by atoms with Gasteiger partial charge in [-0.25, -0.2) is 0 Å². The maximum atomic E-state index is 11.8. The number of halogens is 1. The standard InChI is InChI=1S/C16H18ClN3O6/c17-12-8-11(20(24)25)5-6-13(12)18-14(21)10-26-16(23)9-19-7-3-1-2-4-15(19)22/h5-6,8H,1-4,7,9-10H2,(H,18,21). The van der Waals surface area contributed by atoms with E-state index in [0.29, 0.717) is 13.0 Å². The molecule has 2 amide bonds. The van der Waals surface area contributed by atoms with E-state index in [1.54, 1.807) is 0 Å². The van der Waals surface area contributed by atoms with Crippen LogP contribution in [0.1, 0.15) is 25.7 Å². The second kappa shape index (κ2) is 9.14. The quantitative estimate of drug-likeness (QED) is 0.456. The van der Waals surface area contributed by atoms with Crippen LogP contribution in [0.5, 0.6) is 0 Å². The van der Waals surface area contributed by atoms with Crippen LogP contribution in [0.3, 0.4) is 0 Å². The van der Waals surface area contributed by atoms with Gasteiger partial charge in [0.05, 0.1) is 15.6 Å². The van der Waals surface area contributed by atoms with Gasteiger partial charge in [0.1, 0.15) is 6.54 Å². The third kappa shape index (κ3) is 5.69. The van der Waals surface area contributed by atoms with Gasteiger partial charge < -0.3 is 15.0 Å². The Morgan fingerprint density at radius 2 is 2.08 bits per heavy atom. The van der Waals surface area contributed by atoms with Gasteiger partial charge >= 0.3 is 5.97 Å². The van der Waals surface area contributed by atoms with E-state index in [-0.39, 0.29) is 28.8 Å². The van der Waals surface area contributed by atoms with Gasteiger partial charge in [-0.1, -0.05) is 18.0 Å². The van der Waals surface area contributed by atoms with Crippen LogP contribution in [0, 0.1) is 10.1 Å². The molecule has 0 bridgehead atoms. The van der Waals surface area contributed by atoms with Crippen LogP contribution in [-0.4, -0.2) is 47.3 Å². The van der Waals surface area contributed by atoms with E-state index < -0.39 is 23.4 Å². The van der Waals surface area contributed by atoms with E-state index >= 15 is 0 Å². The summed E-state index contributed by atoms with van der Waals surface area (Å²) in [6.07, 6.45) is 2.99. The highest BCUT2D eigenvalue weighted by Gasteiger charge is 2.20. The summed E-state index contributed by atoms with van der Waals surface area (Å²) >= 11 is 5.87. The summed E-state index contributed by atoms with van der Waals surface area (Å²) < 4.78 is 4.87. The van der Waals surface area contributed by atoms with Crippen LogP contribution in [0.4, 0.5) is 11.4 Å². The van der Waals surface area contributed by atoms with Crippen molar-refractivity contribution < 1.29 is 24.0 Å². The number of nitrogens with one attached hydrogen (secondary N) is 1.